The molecular weight excluding hydrogens is 865 g/mol. The molecule has 1 atom stereocenters. The van der Waals surface area contributed by atoms with E-state index in [1.54, 1.807) is 0 Å². The van der Waals surface area contributed by atoms with Gasteiger partial charge in [-0.1, -0.05) is 253 Å². The number of ether oxygens (including phenoxy) is 3. The lowest BCUT2D eigenvalue weighted by molar-refractivity contribution is -0.167. The average molecular weight is 974 g/mol. The van der Waals surface area contributed by atoms with E-state index >= 15 is 0 Å². The summed E-state index contributed by atoms with van der Waals surface area (Å²) in [6.07, 6.45) is 76.7. The van der Waals surface area contributed by atoms with Gasteiger partial charge in [0.05, 0.1) is 0 Å². The molecule has 6 nitrogen and oxygen atoms in total. The normalized spacial score (nSPS) is 12.8. The van der Waals surface area contributed by atoms with Crippen molar-refractivity contribution in [3.63, 3.8) is 0 Å². The van der Waals surface area contributed by atoms with Crippen LogP contribution in [0.2, 0.25) is 0 Å². The summed E-state index contributed by atoms with van der Waals surface area (Å²) in [5.74, 6) is -0.967. The highest BCUT2D eigenvalue weighted by Gasteiger charge is 2.19. The van der Waals surface area contributed by atoms with Crippen molar-refractivity contribution in [1.29, 1.82) is 0 Å². The molecule has 1 unspecified atom stereocenters. The number of carbonyl (C=O) groups excluding carboxylic acids is 3. The Labute approximate surface area is 432 Å². The average Bonchev–Trinajstić information content (AvgIpc) is 3.36. The van der Waals surface area contributed by atoms with Gasteiger partial charge in [0.2, 0.25) is 0 Å². The Balaban J connectivity index is 4.52. The molecule has 0 aliphatic carbocycles. The van der Waals surface area contributed by atoms with Gasteiger partial charge in [-0.25, -0.2) is 0 Å². The predicted octanol–water partition coefficient (Wildman–Crippen LogP) is 19.7. The highest BCUT2D eigenvalue weighted by molar-refractivity contribution is 5.71. The molecule has 0 aromatic heterocycles. The van der Waals surface area contributed by atoms with Gasteiger partial charge in [-0.3, -0.25) is 14.4 Å². The number of hydrogen-bond acceptors (Lipinski definition) is 6. The lowest BCUT2D eigenvalue weighted by Gasteiger charge is -2.18. The van der Waals surface area contributed by atoms with Crippen molar-refractivity contribution in [2.45, 2.75) is 277 Å². The Morgan fingerprint density at radius 3 is 0.814 bits per heavy atom. The van der Waals surface area contributed by atoms with Crippen LogP contribution in [0.15, 0.2) is 97.2 Å². The minimum absolute atomic E-state index is 0.106. The standard InChI is InChI=1S/C64H108O6/c1-4-7-10-13-16-19-22-25-28-31-33-36-39-42-45-48-51-54-57-63(66)69-60-61(59-68-62(65)56-53-50-47-44-41-38-35-30-27-24-21-18-15-12-9-6-3)70-64(67)58-55-52-49-46-43-40-37-34-32-29-26-23-20-17-14-11-8-5-2/h22-23,25-26,28-38,41,61H,4-21,24,27,39-40,42-60H2,1-3H3/b25-22-,26-23-,31-28-,32-29-,35-30-,36-33-,37-34-,41-38-. The molecule has 0 aromatic rings. The highest BCUT2D eigenvalue weighted by Crippen LogP contribution is 2.14. The van der Waals surface area contributed by atoms with Crippen molar-refractivity contribution < 1.29 is 28.6 Å². The molecule has 0 fully saturated rings. The molecule has 0 saturated carbocycles. The molecule has 0 amide bonds. The van der Waals surface area contributed by atoms with Crippen LogP contribution < -0.4 is 0 Å². The van der Waals surface area contributed by atoms with E-state index in [1.807, 2.05) is 0 Å². The molecule has 0 bridgehead atoms. The molecule has 0 heterocycles. The zero-order valence-corrected chi connectivity index (χ0v) is 45.8. The van der Waals surface area contributed by atoms with E-state index in [0.717, 1.165) is 122 Å². The van der Waals surface area contributed by atoms with Gasteiger partial charge in [0, 0.05) is 19.3 Å². The fourth-order valence-corrected chi connectivity index (χ4v) is 7.97. The van der Waals surface area contributed by atoms with Crippen LogP contribution in [-0.4, -0.2) is 37.2 Å². The van der Waals surface area contributed by atoms with Gasteiger partial charge in [-0.2, -0.15) is 0 Å². The fourth-order valence-electron chi connectivity index (χ4n) is 7.97. The third kappa shape index (κ3) is 55.3. The third-order valence-corrected chi connectivity index (χ3v) is 12.4. The molecule has 400 valence electrons. The first-order valence-corrected chi connectivity index (χ1v) is 29.3. The van der Waals surface area contributed by atoms with Crippen molar-refractivity contribution in [2.24, 2.45) is 0 Å². The molecule has 0 radical (unpaired) electrons. The van der Waals surface area contributed by atoms with E-state index in [0.29, 0.717) is 19.3 Å². The number of unbranched alkanes of at least 4 members (excludes halogenated alkanes) is 30. The van der Waals surface area contributed by atoms with Crippen LogP contribution in [0, 0.1) is 0 Å². The summed E-state index contributed by atoms with van der Waals surface area (Å²) in [7, 11) is 0. The number of carbonyl (C=O) groups is 3. The molecule has 70 heavy (non-hydrogen) atoms. The van der Waals surface area contributed by atoms with E-state index in [-0.39, 0.29) is 31.1 Å². The number of rotatable bonds is 52. The van der Waals surface area contributed by atoms with E-state index < -0.39 is 6.10 Å². The van der Waals surface area contributed by atoms with Crippen LogP contribution >= 0.6 is 0 Å². The molecular formula is C64H108O6. The second-order valence-electron chi connectivity index (χ2n) is 19.3. The highest BCUT2D eigenvalue weighted by atomic mass is 16.6. The molecule has 0 aliphatic heterocycles. The van der Waals surface area contributed by atoms with Crippen LogP contribution in [0.5, 0.6) is 0 Å². The lowest BCUT2D eigenvalue weighted by Crippen LogP contribution is -2.30. The second kappa shape index (κ2) is 57.9. The van der Waals surface area contributed by atoms with Crippen molar-refractivity contribution in [3.8, 4) is 0 Å². The number of hydrogen-bond donors (Lipinski definition) is 0. The van der Waals surface area contributed by atoms with E-state index in [9.17, 15) is 14.4 Å². The van der Waals surface area contributed by atoms with Crippen molar-refractivity contribution >= 4 is 17.9 Å². The number of allylic oxidation sites excluding steroid dienone is 16. The Morgan fingerprint density at radius 2 is 0.514 bits per heavy atom. The lowest BCUT2D eigenvalue weighted by atomic mass is 10.1. The smallest absolute Gasteiger partial charge is 0.306 e. The monoisotopic (exact) mass is 973 g/mol. The van der Waals surface area contributed by atoms with Gasteiger partial charge in [0.15, 0.2) is 6.10 Å². The maximum atomic E-state index is 12.9. The minimum atomic E-state index is -0.810. The van der Waals surface area contributed by atoms with Gasteiger partial charge < -0.3 is 14.2 Å². The zero-order valence-electron chi connectivity index (χ0n) is 45.8. The van der Waals surface area contributed by atoms with Crippen LogP contribution in [0.4, 0.5) is 0 Å². The molecule has 0 aliphatic rings. The van der Waals surface area contributed by atoms with Crippen molar-refractivity contribution in [3.05, 3.63) is 97.2 Å². The summed E-state index contributed by atoms with van der Waals surface area (Å²) in [6, 6.07) is 0. The first-order valence-electron chi connectivity index (χ1n) is 29.3. The fraction of sp³-hybridized carbons (Fsp3) is 0.703. The summed E-state index contributed by atoms with van der Waals surface area (Å²) >= 11 is 0. The Bertz CT molecular complexity index is 1400. The number of esters is 3. The van der Waals surface area contributed by atoms with Gasteiger partial charge in [-0.15, -0.1) is 0 Å². The summed E-state index contributed by atoms with van der Waals surface area (Å²) < 4.78 is 16.8. The summed E-state index contributed by atoms with van der Waals surface area (Å²) in [6.45, 7) is 6.55. The summed E-state index contributed by atoms with van der Waals surface area (Å²) in [5.41, 5.74) is 0. The maximum Gasteiger partial charge on any atom is 0.306 e. The van der Waals surface area contributed by atoms with Gasteiger partial charge >= 0.3 is 17.9 Å². The third-order valence-electron chi connectivity index (χ3n) is 12.4. The largest absolute Gasteiger partial charge is 0.462 e. The quantitative estimate of drug-likeness (QED) is 0.0262. The maximum absolute atomic E-state index is 12.9. The van der Waals surface area contributed by atoms with E-state index in [4.69, 9.17) is 14.2 Å². The minimum Gasteiger partial charge on any atom is -0.462 e. The molecule has 0 saturated heterocycles. The van der Waals surface area contributed by atoms with Crippen LogP contribution in [0.1, 0.15) is 271 Å². The van der Waals surface area contributed by atoms with Crippen LogP contribution in [-0.2, 0) is 28.6 Å². The zero-order chi connectivity index (χ0) is 50.7. The van der Waals surface area contributed by atoms with Crippen LogP contribution in [0.3, 0.4) is 0 Å². The van der Waals surface area contributed by atoms with Crippen molar-refractivity contribution in [1.82, 2.24) is 0 Å². The van der Waals surface area contributed by atoms with Crippen LogP contribution in [0.25, 0.3) is 0 Å². The SMILES string of the molecule is CCCCCCC\C=C/C=C\C=C/CCCCCCCC(=O)OCC(COC(=O)CCCCC/C=C\C=C/CCCCCCCCC)OC(=O)CCCCCCC\C=C/C=C\C=C/CCCCCCC. The summed E-state index contributed by atoms with van der Waals surface area (Å²) in [5, 5.41) is 0. The molecule has 6 heteroatoms. The van der Waals surface area contributed by atoms with Gasteiger partial charge in [0.1, 0.15) is 13.2 Å². The second-order valence-corrected chi connectivity index (χ2v) is 19.3. The molecule has 0 aromatic carbocycles. The Kier molecular flexibility index (Phi) is 54.9. The van der Waals surface area contributed by atoms with Gasteiger partial charge in [-0.05, 0) is 96.3 Å². The molecule has 0 N–H and O–H groups in total. The Morgan fingerprint density at radius 1 is 0.286 bits per heavy atom. The topological polar surface area (TPSA) is 78.9 Å². The van der Waals surface area contributed by atoms with Crippen molar-refractivity contribution in [2.75, 3.05) is 13.2 Å². The van der Waals surface area contributed by atoms with E-state index in [2.05, 4.69) is 118 Å². The predicted molar refractivity (Wildman–Crippen MR) is 302 cm³/mol. The van der Waals surface area contributed by atoms with E-state index in [1.165, 1.54) is 109 Å². The molecule has 0 rings (SSSR count). The first kappa shape index (κ1) is 66.3. The summed E-state index contributed by atoms with van der Waals surface area (Å²) in [4.78, 5) is 38.2. The molecule has 0 spiro atoms. The van der Waals surface area contributed by atoms with Gasteiger partial charge in [0.25, 0.3) is 0 Å². The Hall–Kier alpha value is -3.67. The first-order chi connectivity index (χ1) is 34.5.